The summed E-state index contributed by atoms with van der Waals surface area (Å²) in [5.41, 5.74) is 2.02. The lowest BCUT2D eigenvalue weighted by Gasteiger charge is -2.26. The number of hydrogen-bond acceptors (Lipinski definition) is 5. The van der Waals surface area contributed by atoms with E-state index in [9.17, 15) is 14.0 Å². The van der Waals surface area contributed by atoms with Crippen LogP contribution in [0.5, 0.6) is 11.5 Å². The summed E-state index contributed by atoms with van der Waals surface area (Å²) < 4.78 is 32.9. The van der Waals surface area contributed by atoms with Crippen LogP contribution >= 0.6 is 15.9 Å². The van der Waals surface area contributed by atoms with Gasteiger partial charge in [0.05, 0.1) is 23.6 Å². The highest BCUT2D eigenvalue weighted by Gasteiger charge is 2.44. The van der Waals surface area contributed by atoms with Gasteiger partial charge >= 0.3 is 0 Å². The van der Waals surface area contributed by atoms with Crippen molar-refractivity contribution in [2.45, 2.75) is 19.6 Å². The van der Waals surface area contributed by atoms with Gasteiger partial charge < -0.3 is 13.9 Å². The number of ether oxygens (including phenoxy) is 2. The van der Waals surface area contributed by atoms with Crippen molar-refractivity contribution in [2.75, 3.05) is 11.5 Å². The quantitative estimate of drug-likeness (QED) is 0.195. The van der Waals surface area contributed by atoms with Gasteiger partial charge in [0.15, 0.2) is 16.9 Å². The number of halogens is 2. The van der Waals surface area contributed by atoms with E-state index in [1.807, 2.05) is 49.4 Å². The molecule has 1 unspecified atom stereocenters. The predicted octanol–water partition coefficient (Wildman–Crippen LogP) is 7.42. The van der Waals surface area contributed by atoms with Gasteiger partial charge in [-0.05, 0) is 72.6 Å². The molecular weight excluding hydrogens is 577 g/mol. The number of carbonyl (C=O) groups excluding carboxylic acids is 1. The number of nitrogens with zero attached hydrogens (tertiary/aromatic N) is 1. The molecule has 0 bridgehead atoms. The molecule has 8 heteroatoms. The maximum absolute atomic E-state index is 14.1. The molecule has 1 aliphatic rings. The van der Waals surface area contributed by atoms with E-state index in [1.54, 1.807) is 30.3 Å². The predicted molar refractivity (Wildman–Crippen MR) is 154 cm³/mol. The van der Waals surface area contributed by atoms with Crippen LogP contribution in [0.4, 0.5) is 10.1 Å². The van der Waals surface area contributed by atoms with E-state index in [4.69, 9.17) is 13.9 Å². The number of anilines is 1. The summed E-state index contributed by atoms with van der Waals surface area (Å²) in [5, 5.41) is 0.0713. The molecule has 2 heterocycles. The molecule has 0 aliphatic carbocycles. The maximum atomic E-state index is 14.1. The highest BCUT2D eigenvalue weighted by Crippen LogP contribution is 2.43. The fraction of sp³-hybridized carbons (Fsp3) is 0.125. The standard InChI is InChI=1S/C32H23BrFNO5/c1-2-38-27-16-20(8-14-26(27)39-18-19-6-4-3-5-7-19)29-28-30(36)24-17-22(34)11-15-25(24)40-31(28)32(37)35(29)23-12-9-21(33)10-13-23/h3-17,29H,2,18H2,1H3. The zero-order chi connectivity index (χ0) is 27.8. The maximum Gasteiger partial charge on any atom is 0.295 e. The average molecular weight is 600 g/mol. The molecule has 6 nitrogen and oxygen atoms in total. The first-order valence-electron chi connectivity index (χ1n) is 12.7. The van der Waals surface area contributed by atoms with Gasteiger partial charge in [-0.15, -0.1) is 0 Å². The minimum absolute atomic E-state index is 0.0700. The van der Waals surface area contributed by atoms with Crippen molar-refractivity contribution in [1.29, 1.82) is 0 Å². The van der Waals surface area contributed by atoms with Crippen LogP contribution in [0.25, 0.3) is 11.0 Å². The zero-order valence-electron chi connectivity index (χ0n) is 21.4. The molecule has 1 aromatic heterocycles. The van der Waals surface area contributed by atoms with Crippen LogP contribution in [0.2, 0.25) is 0 Å². The molecule has 40 heavy (non-hydrogen) atoms. The van der Waals surface area contributed by atoms with E-state index in [0.29, 0.717) is 36.0 Å². The lowest BCUT2D eigenvalue weighted by Crippen LogP contribution is -2.29. The largest absolute Gasteiger partial charge is 0.490 e. The van der Waals surface area contributed by atoms with E-state index in [1.165, 1.54) is 17.0 Å². The Morgan fingerprint density at radius 2 is 1.68 bits per heavy atom. The van der Waals surface area contributed by atoms with Gasteiger partial charge in [-0.1, -0.05) is 52.3 Å². The van der Waals surface area contributed by atoms with Gasteiger partial charge in [0.25, 0.3) is 5.91 Å². The SMILES string of the molecule is CCOc1cc(C2c3c(oc4ccc(F)cc4c3=O)C(=O)N2c2ccc(Br)cc2)ccc1OCc1ccccc1. The van der Waals surface area contributed by atoms with Crippen molar-refractivity contribution in [2.24, 2.45) is 0 Å². The molecule has 200 valence electrons. The molecule has 1 atom stereocenters. The van der Waals surface area contributed by atoms with E-state index < -0.39 is 23.2 Å². The molecule has 0 spiro atoms. The minimum Gasteiger partial charge on any atom is -0.490 e. The van der Waals surface area contributed by atoms with E-state index >= 15 is 0 Å². The Morgan fingerprint density at radius 1 is 0.900 bits per heavy atom. The minimum atomic E-state index is -0.838. The van der Waals surface area contributed by atoms with E-state index in [-0.39, 0.29) is 22.3 Å². The molecule has 0 saturated heterocycles. The van der Waals surface area contributed by atoms with Gasteiger partial charge in [0.1, 0.15) is 18.0 Å². The Labute approximate surface area is 237 Å². The summed E-state index contributed by atoms with van der Waals surface area (Å²) in [5.74, 6) is -0.0954. The number of fused-ring (bicyclic) bond motifs is 2. The Hall–Kier alpha value is -4.43. The second-order valence-electron chi connectivity index (χ2n) is 9.28. The Morgan fingerprint density at radius 3 is 2.42 bits per heavy atom. The molecule has 0 fully saturated rings. The number of benzene rings is 4. The number of rotatable bonds is 7. The number of hydrogen-bond donors (Lipinski definition) is 0. The van der Waals surface area contributed by atoms with Crippen LogP contribution in [0.3, 0.4) is 0 Å². The lowest BCUT2D eigenvalue weighted by molar-refractivity contribution is 0.0971. The smallest absolute Gasteiger partial charge is 0.295 e. The van der Waals surface area contributed by atoms with E-state index in [0.717, 1.165) is 16.1 Å². The van der Waals surface area contributed by atoms with Crippen LogP contribution in [0.1, 0.15) is 40.2 Å². The third-order valence-electron chi connectivity index (χ3n) is 6.76. The lowest BCUT2D eigenvalue weighted by atomic mass is 9.97. The van der Waals surface area contributed by atoms with Gasteiger partial charge in [0.2, 0.25) is 5.76 Å². The van der Waals surface area contributed by atoms with Crippen molar-refractivity contribution in [3.8, 4) is 11.5 Å². The number of carbonyl (C=O) groups is 1. The summed E-state index contributed by atoms with van der Waals surface area (Å²) in [7, 11) is 0. The summed E-state index contributed by atoms with van der Waals surface area (Å²) in [6.45, 7) is 2.59. The Kier molecular flexibility index (Phi) is 6.86. The van der Waals surface area contributed by atoms with Gasteiger partial charge in [0, 0.05) is 10.2 Å². The first-order chi connectivity index (χ1) is 19.4. The number of amides is 1. The summed E-state index contributed by atoms with van der Waals surface area (Å²) >= 11 is 3.43. The normalized spacial score (nSPS) is 14.4. The van der Waals surface area contributed by atoms with Crippen molar-refractivity contribution < 1.29 is 23.1 Å². The molecule has 0 radical (unpaired) electrons. The topological polar surface area (TPSA) is 69.0 Å². The van der Waals surface area contributed by atoms with Crippen molar-refractivity contribution in [3.63, 3.8) is 0 Å². The molecule has 1 aliphatic heterocycles. The van der Waals surface area contributed by atoms with Crippen LogP contribution < -0.4 is 19.8 Å². The third kappa shape index (κ3) is 4.64. The van der Waals surface area contributed by atoms with Crippen LogP contribution in [0.15, 0.2) is 105 Å². The second kappa shape index (κ2) is 10.6. The summed E-state index contributed by atoms with van der Waals surface area (Å²) in [6, 6.07) is 25.2. The summed E-state index contributed by atoms with van der Waals surface area (Å²) in [6.07, 6.45) is 0. The van der Waals surface area contributed by atoms with Crippen molar-refractivity contribution in [3.05, 3.63) is 134 Å². The molecule has 1 amide bonds. The monoisotopic (exact) mass is 599 g/mol. The van der Waals surface area contributed by atoms with E-state index in [2.05, 4.69) is 15.9 Å². The molecule has 4 aromatic carbocycles. The third-order valence-corrected chi connectivity index (χ3v) is 7.29. The fourth-order valence-corrected chi connectivity index (χ4v) is 5.21. The zero-order valence-corrected chi connectivity index (χ0v) is 23.0. The average Bonchev–Trinajstić information content (AvgIpc) is 3.26. The van der Waals surface area contributed by atoms with Crippen LogP contribution in [-0.4, -0.2) is 12.5 Å². The fourth-order valence-electron chi connectivity index (χ4n) is 4.95. The summed E-state index contributed by atoms with van der Waals surface area (Å²) in [4.78, 5) is 29.1. The van der Waals surface area contributed by atoms with Crippen LogP contribution in [-0.2, 0) is 6.61 Å². The Balaban J connectivity index is 1.50. The van der Waals surface area contributed by atoms with Crippen molar-refractivity contribution >= 4 is 38.5 Å². The Bertz CT molecular complexity index is 1790. The molecule has 5 aromatic rings. The van der Waals surface area contributed by atoms with Crippen molar-refractivity contribution in [1.82, 2.24) is 0 Å². The first-order valence-corrected chi connectivity index (χ1v) is 13.5. The highest BCUT2D eigenvalue weighted by molar-refractivity contribution is 9.10. The molecule has 6 rings (SSSR count). The molecular formula is C32H23BrFNO5. The highest BCUT2D eigenvalue weighted by atomic mass is 79.9. The van der Waals surface area contributed by atoms with Gasteiger partial charge in [-0.25, -0.2) is 4.39 Å². The van der Waals surface area contributed by atoms with Crippen LogP contribution in [0, 0.1) is 5.82 Å². The second-order valence-corrected chi connectivity index (χ2v) is 10.2. The molecule has 0 N–H and O–H groups in total. The molecule has 0 saturated carbocycles. The van der Waals surface area contributed by atoms with Gasteiger partial charge in [-0.3, -0.25) is 14.5 Å². The first kappa shape index (κ1) is 25.8. The van der Waals surface area contributed by atoms with Gasteiger partial charge in [-0.2, -0.15) is 0 Å².